The maximum absolute atomic E-state index is 11.5. The van der Waals surface area contributed by atoms with Gasteiger partial charge in [-0.15, -0.1) is 0 Å². The van der Waals surface area contributed by atoms with Crippen LogP contribution in [-0.2, 0) is 4.79 Å². The number of para-hydroxylation sites is 1. The van der Waals surface area contributed by atoms with Gasteiger partial charge in [-0.05, 0) is 25.0 Å². The molecule has 1 aliphatic rings. The van der Waals surface area contributed by atoms with E-state index < -0.39 is 11.9 Å². The Morgan fingerprint density at radius 3 is 2.68 bits per heavy atom. The largest absolute Gasteiger partial charge is 0.481 e. The number of piperidine rings is 1. The summed E-state index contributed by atoms with van der Waals surface area (Å²) in [6.45, 7) is 1.17. The monoisotopic (exact) mass is 373 g/mol. The zero-order chi connectivity index (χ0) is 19.1. The Bertz CT molecular complexity index is 1170. The third-order valence-electron chi connectivity index (χ3n) is 5.30. The molecule has 28 heavy (non-hydrogen) atoms. The first-order valence-electron chi connectivity index (χ1n) is 9.43. The van der Waals surface area contributed by atoms with Crippen molar-refractivity contribution in [2.45, 2.75) is 12.8 Å². The Kier molecular flexibility index (Phi) is 3.97. The van der Waals surface area contributed by atoms with Crippen molar-refractivity contribution in [3.63, 3.8) is 0 Å². The highest BCUT2D eigenvalue weighted by Crippen LogP contribution is 2.36. The van der Waals surface area contributed by atoms with E-state index in [4.69, 9.17) is 14.4 Å². The summed E-state index contributed by atoms with van der Waals surface area (Å²) in [5.74, 6) is 0.129. The van der Waals surface area contributed by atoms with E-state index in [-0.39, 0.29) is 0 Å². The van der Waals surface area contributed by atoms with E-state index in [1.54, 1.807) is 0 Å². The fourth-order valence-electron chi connectivity index (χ4n) is 3.88. The van der Waals surface area contributed by atoms with Crippen molar-refractivity contribution in [2.24, 2.45) is 5.92 Å². The van der Waals surface area contributed by atoms with Gasteiger partial charge in [0.05, 0.1) is 5.92 Å². The molecule has 3 heterocycles. The molecule has 0 saturated carbocycles. The predicted octanol–water partition coefficient (Wildman–Crippen LogP) is 4.34. The summed E-state index contributed by atoms with van der Waals surface area (Å²) in [6, 6.07) is 17.6. The second-order valence-corrected chi connectivity index (χ2v) is 7.14. The van der Waals surface area contributed by atoms with Gasteiger partial charge in [-0.25, -0.2) is 9.97 Å². The summed E-state index contributed by atoms with van der Waals surface area (Å²) < 4.78 is 6.11. The van der Waals surface area contributed by atoms with Crippen molar-refractivity contribution in [2.75, 3.05) is 18.0 Å². The first kappa shape index (κ1) is 16.7. The van der Waals surface area contributed by atoms with Gasteiger partial charge in [-0.3, -0.25) is 4.79 Å². The minimum atomic E-state index is -0.761. The maximum Gasteiger partial charge on any atom is 0.308 e. The first-order valence-corrected chi connectivity index (χ1v) is 9.43. The molecule has 4 aromatic rings. The van der Waals surface area contributed by atoms with Crippen molar-refractivity contribution in [3.8, 4) is 11.4 Å². The van der Waals surface area contributed by atoms with Crippen LogP contribution in [0.2, 0.25) is 0 Å². The van der Waals surface area contributed by atoms with E-state index in [2.05, 4.69) is 0 Å². The minimum Gasteiger partial charge on any atom is -0.481 e. The van der Waals surface area contributed by atoms with Crippen LogP contribution in [0.15, 0.2) is 59.0 Å². The van der Waals surface area contributed by atoms with Gasteiger partial charge in [0.2, 0.25) is 0 Å². The number of aromatic nitrogens is 2. The second-order valence-electron chi connectivity index (χ2n) is 7.14. The average Bonchev–Trinajstić information content (AvgIpc) is 3.12. The molecule has 0 bridgehead atoms. The Morgan fingerprint density at radius 1 is 1.07 bits per heavy atom. The highest BCUT2D eigenvalue weighted by molar-refractivity contribution is 6.06. The molecule has 5 rings (SSSR count). The molecule has 1 unspecified atom stereocenters. The number of hydrogen-bond donors (Lipinski definition) is 1. The molecular weight excluding hydrogens is 354 g/mol. The number of nitrogens with zero attached hydrogens (tertiary/aromatic N) is 3. The van der Waals surface area contributed by atoms with E-state index in [1.807, 2.05) is 59.5 Å². The summed E-state index contributed by atoms with van der Waals surface area (Å²) in [4.78, 5) is 23.2. The van der Waals surface area contributed by atoms with Crippen molar-refractivity contribution in [1.82, 2.24) is 9.97 Å². The summed E-state index contributed by atoms with van der Waals surface area (Å²) in [5, 5.41) is 10.4. The fraction of sp³-hybridized carbons (Fsp3) is 0.227. The second kappa shape index (κ2) is 6.64. The maximum atomic E-state index is 11.5. The van der Waals surface area contributed by atoms with Gasteiger partial charge >= 0.3 is 5.97 Å². The molecule has 140 valence electrons. The summed E-state index contributed by atoms with van der Waals surface area (Å²) in [7, 11) is 0. The van der Waals surface area contributed by atoms with E-state index in [0.29, 0.717) is 30.2 Å². The minimum absolute atomic E-state index is 0.400. The van der Waals surface area contributed by atoms with Gasteiger partial charge in [0.1, 0.15) is 11.1 Å². The SMILES string of the molecule is O=C(O)C1CCCN(c2nc(-c3ccccc3)nc3c2oc2ccccc23)C1. The van der Waals surface area contributed by atoms with Crippen molar-refractivity contribution >= 4 is 33.9 Å². The molecule has 0 amide bonds. The smallest absolute Gasteiger partial charge is 0.308 e. The van der Waals surface area contributed by atoms with E-state index in [0.717, 1.165) is 35.0 Å². The summed E-state index contributed by atoms with van der Waals surface area (Å²) in [5.41, 5.74) is 3.05. The van der Waals surface area contributed by atoms with Crippen LogP contribution in [-0.4, -0.2) is 34.1 Å². The molecule has 1 atom stereocenters. The summed E-state index contributed by atoms with van der Waals surface area (Å²) in [6.07, 6.45) is 1.50. The molecule has 0 aliphatic carbocycles. The van der Waals surface area contributed by atoms with Gasteiger partial charge in [-0.1, -0.05) is 42.5 Å². The van der Waals surface area contributed by atoms with Crippen LogP contribution in [0.1, 0.15) is 12.8 Å². The zero-order valence-electron chi connectivity index (χ0n) is 15.2. The van der Waals surface area contributed by atoms with Crippen LogP contribution >= 0.6 is 0 Å². The van der Waals surface area contributed by atoms with Gasteiger partial charge in [0.15, 0.2) is 17.2 Å². The molecule has 1 fully saturated rings. The number of benzene rings is 2. The van der Waals surface area contributed by atoms with Gasteiger partial charge < -0.3 is 14.4 Å². The standard InChI is InChI=1S/C22H19N3O3/c26-22(27)15-9-6-12-25(13-15)21-19-18(16-10-4-5-11-17(16)28-19)23-20(24-21)14-7-2-1-3-8-14/h1-5,7-8,10-11,15H,6,9,12-13H2,(H,26,27). The number of fused-ring (bicyclic) bond motifs is 3. The van der Waals surface area contributed by atoms with Crippen molar-refractivity contribution in [1.29, 1.82) is 0 Å². The van der Waals surface area contributed by atoms with Crippen LogP contribution in [0.5, 0.6) is 0 Å². The molecule has 2 aromatic carbocycles. The van der Waals surface area contributed by atoms with Crippen LogP contribution in [0.3, 0.4) is 0 Å². The van der Waals surface area contributed by atoms with E-state index >= 15 is 0 Å². The van der Waals surface area contributed by atoms with Crippen LogP contribution in [0, 0.1) is 5.92 Å². The highest BCUT2D eigenvalue weighted by atomic mass is 16.4. The number of hydrogen-bond acceptors (Lipinski definition) is 5. The average molecular weight is 373 g/mol. The molecular formula is C22H19N3O3. The predicted molar refractivity (Wildman–Crippen MR) is 107 cm³/mol. The Hall–Kier alpha value is -3.41. The molecule has 0 radical (unpaired) electrons. The normalized spacial score (nSPS) is 17.3. The number of anilines is 1. The summed E-state index contributed by atoms with van der Waals surface area (Å²) >= 11 is 0. The lowest BCUT2D eigenvalue weighted by atomic mass is 9.98. The zero-order valence-corrected chi connectivity index (χ0v) is 15.2. The lowest BCUT2D eigenvalue weighted by Gasteiger charge is -2.31. The Morgan fingerprint density at radius 2 is 1.86 bits per heavy atom. The van der Waals surface area contributed by atoms with Gasteiger partial charge in [-0.2, -0.15) is 0 Å². The molecule has 6 heteroatoms. The highest BCUT2D eigenvalue weighted by Gasteiger charge is 2.29. The van der Waals surface area contributed by atoms with Crippen LogP contribution < -0.4 is 4.90 Å². The molecule has 1 saturated heterocycles. The van der Waals surface area contributed by atoms with Gasteiger partial charge in [0, 0.05) is 24.0 Å². The number of carboxylic acid groups (broad SMARTS) is 1. The Labute approximate surface area is 161 Å². The molecule has 2 aromatic heterocycles. The number of furan rings is 1. The number of carboxylic acids is 1. The molecule has 0 spiro atoms. The third-order valence-corrected chi connectivity index (χ3v) is 5.30. The Balaban J connectivity index is 1.73. The fourth-order valence-corrected chi connectivity index (χ4v) is 3.88. The lowest BCUT2D eigenvalue weighted by Crippen LogP contribution is -2.39. The van der Waals surface area contributed by atoms with Gasteiger partial charge in [0.25, 0.3) is 0 Å². The third kappa shape index (κ3) is 2.78. The van der Waals surface area contributed by atoms with Crippen molar-refractivity contribution in [3.05, 3.63) is 54.6 Å². The first-order chi connectivity index (χ1) is 13.7. The number of aliphatic carboxylic acids is 1. The molecule has 1 N–H and O–H groups in total. The van der Waals surface area contributed by atoms with E-state index in [9.17, 15) is 9.90 Å². The van der Waals surface area contributed by atoms with Crippen LogP contribution in [0.4, 0.5) is 5.82 Å². The van der Waals surface area contributed by atoms with E-state index in [1.165, 1.54) is 0 Å². The number of carbonyl (C=O) groups is 1. The van der Waals surface area contributed by atoms with Crippen molar-refractivity contribution < 1.29 is 14.3 Å². The molecule has 6 nitrogen and oxygen atoms in total. The number of rotatable bonds is 3. The quantitative estimate of drug-likeness (QED) is 0.575. The van der Waals surface area contributed by atoms with Crippen LogP contribution in [0.25, 0.3) is 33.5 Å². The lowest BCUT2D eigenvalue weighted by molar-refractivity contribution is -0.141. The topological polar surface area (TPSA) is 79.5 Å². The molecule has 1 aliphatic heterocycles.